The van der Waals surface area contributed by atoms with E-state index in [2.05, 4.69) is 29.8 Å². The van der Waals surface area contributed by atoms with E-state index in [0.29, 0.717) is 26.1 Å². The van der Waals surface area contributed by atoms with Gasteiger partial charge in [-0.3, -0.25) is 9.59 Å². The van der Waals surface area contributed by atoms with E-state index in [1.54, 1.807) is 7.11 Å². The lowest BCUT2D eigenvalue weighted by atomic mass is 10.0. The standard InChI is InChI=1S/C20H41N3O4/c1-15(2)20(26)22-11-9-18(23-16(3)4)12-19(25)21-10-7-6-8-17(13-24)14-27-5/h15-18,23-24H,6-14H2,1-5H3,(H,21,25)(H,22,26). The Balaban J connectivity index is 4.08. The van der Waals surface area contributed by atoms with Gasteiger partial charge < -0.3 is 25.8 Å². The first-order valence-electron chi connectivity index (χ1n) is 10.2. The molecular formula is C20H41N3O4. The summed E-state index contributed by atoms with van der Waals surface area (Å²) < 4.78 is 5.06. The average Bonchev–Trinajstić information content (AvgIpc) is 2.59. The Hall–Kier alpha value is -1.18. The molecule has 7 heteroatoms. The second kappa shape index (κ2) is 15.8. The summed E-state index contributed by atoms with van der Waals surface area (Å²) in [6, 6.07) is 0.317. The van der Waals surface area contributed by atoms with Crippen molar-refractivity contribution < 1.29 is 19.4 Å². The third kappa shape index (κ3) is 14.5. The predicted molar refractivity (Wildman–Crippen MR) is 108 cm³/mol. The molecule has 160 valence electrons. The van der Waals surface area contributed by atoms with Gasteiger partial charge in [0.05, 0.1) is 6.61 Å². The van der Waals surface area contributed by atoms with Gasteiger partial charge in [-0.25, -0.2) is 0 Å². The van der Waals surface area contributed by atoms with Crippen molar-refractivity contribution >= 4 is 11.8 Å². The molecule has 0 fully saturated rings. The van der Waals surface area contributed by atoms with Crippen LogP contribution in [0, 0.1) is 11.8 Å². The largest absolute Gasteiger partial charge is 0.396 e. The van der Waals surface area contributed by atoms with Crippen molar-refractivity contribution in [1.82, 2.24) is 16.0 Å². The van der Waals surface area contributed by atoms with Crippen molar-refractivity contribution in [3.05, 3.63) is 0 Å². The second-order valence-corrected chi connectivity index (χ2v) is 7.81. The molecule has 0 aliphatic carbocycles. The molecule has 0 aromatic carbocycles. The van der Waals surface area contributed by atoms with Crippen molar-refractivity contribution in [2.45, 2.75) is 71.9 Å². The molecule has 7 nitrogen and oxygen atoms in total. The molecule has 0 rings (SSSR count). The van der Waals surface area contributed by atoms with Gasteiger partial charge in [-0.15, -0.1) is 0 Å². The number of carbonyl (C=O) groups excluding carboxylic acids is 2. The molecule has 0 aliphatic heterocycles. The molecule has 0 saturated heterocycles. The Morgan fingerprint density at radius 3 is 2.26 bits per heavy atom. The maximum Gasteiger partial charge on any atom is 0.222 e. The van der Waals surface area contributed by atoms with Crippen LogP contribution >= 0.6 is 0 Å². The third-order valence-corrected chi connectivity index (χ3v) is 4.34. The lowest BCUT2D eigenvalue weighted by Gasteiger charge is -2.21. The molecular weight excluding hydrogens is 346 g/mol. The van der Waals surface area contributed by atoms with Gasteiger partial charge in [-0.05, 0) is 19.3 Å². The van der Waals surface area contributed by atoms with Crippen LogP contribution in [-0.4, -0.2) is 62.4 Å². The van der Waals surface area contributed by atoms with Crippen LogP contribution in [0.2, 0.25) is 0 Å². The molecule has 0 heterocycles. The van der Waals surface area contributed by atoms with E-state index in [0.717, 1.165) is 25.7 Å². The predicted octanol–water partition coefficient (Wildman–Crippen LogP) is 1.45. The number of hydrogen-bond donors (Lipinski definition) is 4. The fraction of sp³-hybridized carbons (Fsp3) is 0.900. The summed E-state index contributed by atoms with van der Waals surface area (Å²) in [6.45, 7) is 9.74. The molecule has 4 N–H and O–H groups in total. The third-order valence-electron chi connectivity index (χ3n) is 4.34. The monoisotopic (exact) mass is 387 g/mol. The summed E-state index contributed by atoms with van der Waals surface area (Å²) in [7, 11) is 1.64. The highest BCUT2D eigenvalue weighted by Crippen LogP contribution is 2.08. The molecule has 2 amide bonds. The van der Waals surface area contributed by atoms with Crippen molar-refractivity contribution in [2.24, 2.45) is 11.8 Å². The molecule has 0 spiro atoms. The van der Waals surface area contributed by atoms with Crippen molar-refractivity contribution in [3.8, 4) is 0 Å². The van der Waals surface area contributed by atoms with Gasteiger partial charge in [-0.1, -0.05) is 34.1 Å². The quantitative estimate of drug-likeness (QED) is 0.300. The van der Waals surface area contributed by atoms with Gasteiger partial charge in [0.2, 0.25) is 11.8 Å². The molecule has 0 bridgehead atoms. The number of amides is 2. The van der Waals surface area contributed by atoms with Crippen LogP contribution in [0.25, 0.3) is 0 Å². The number of rotatable bonds is 16. The summed E-state index contributed by atoms with van der Waals surface area (Å²) in [5.41, 5.74) is 0. The zero-order valence-corrected chi connectivity index (χ0v) is 17.8. The van der Waals surface area contributed by atoms with E-state index in [9.17, 15) is 14.7 Å². The van der Waals surface area contributed by atoms with Crippen LogP contribution in [0.5, 0.6) is 0 Å². The van der Waals surface area contributed by atoms with Gasteiger partial charge in [0.15, 0.2) is 0 Å². The van der Waals surface area contributed by atoms with Crippen molar-refractivity contribution in [3.63, 3.8) is 0 Å². The highest BCUT2D eigenvalue weighted by atomic mass is 16.5. The highest BCUT2D eigenvalue weighted by molar-refractivity contribution is 5.78. The van der Waals surface area contributed by atoms with E-state index in [4.69, 9.17) is 4.74 Å². The highest BCUT2D eigenvalue weighted by Gasteiger charge is 2.15. The molecule has 0 radical (unpaired) electrons. The number of methoxy groups -OCH3 is 1. The molecule has 0 aromatic rings. The van der Waals surface area contributed by atoms with Crippen LogP contribution < -0.4 is 16.0 Å². The maximum atomic E-state index is 12.2. The van der Waals surface area contributed by atoms with Crippen LogP contribution in [0.3, 0.4) is 0 Å². The summed E-state index contributed by atoms with van der Waals surface area (Å²) in [5, 5.41) is 18.5. The van der Waals surface area contributed by atoms with Gasteiger partial charge >= 0.3 is 0 Å². The summed E-state index contributed by atoms with van der Waals surface area (Å²) >= 11 is 0. The Bertz CT molecular complexity index is 403. The topological polar surface area (TPSA) is 99.7 Å². The lowest BCUT2D eigenvalue weighted by molar-refractivity contribution is -0.124. The first-order valence-corrected chi connectivity index (χ1v) is 10.2. The first-order chi connectivity index (χ1) is 12.8. The Labute approximate surface area is 165 Å². The van der Waals surface area contributed by atoms with E-state index >= 15 is 0 Å². The SMILES string of the molecule is COCC(CO)CCCCNC(=O)CC(CCNC(=O)C(C)C)NC(C)C. The van der Waals surface area contributed by atoms with Crippen LogP contribution in [0.4, 0.5) is 0 Å². The van der Waals surface area contributed by atoms with E-state index in [-0.39, 0.29) is 42.3 Å². The van der Waals surface area contributed by atoms with Crippen molar-refractivity contribution in [2.75, 3.05) is 33.4 Å². The van der Waals surface area contributed by atoms with Crippen LogP contribution in [-0.2, 0) is 14.3 Å². The Morgan fingerprint density at radius 1 is 1.00 bits per heavy atom. The summed E-state index contributed by atoms with van der Waals surface area (Å²) in [5.74, 6) is 0.210. The van der Waals surface area contributed by atoms with Gasteiger partial charge in [-0.2, -0.15) is 0 Å². The molecule has 0 aromatic heterocycles. The number of unbranched alkanes of at least 4 members (excludes halogenated alkanes) is 1. The van der Waals surface area contributed by atoms with Crippen LogP contribution in [0.15, 0.2) is 0 Å². The van der Waals surface area contributed by atoms with E-state index in [1.807, 2.05) is 13.8 Å². The Kier molecular flexibility index (Phi) is 15.1. The fourth-order valence-corrected chi connectivity index (χ4v) is 2.83. The van der Waals surface area contributed by atoms with Gasteiger partial charge in [0.1, 0.15) is 0 Å². The van der Waals surface area contributed by atoms with Gasteiger partial charge in [0, 0.05) is 57.1 Å². The zero-order chi connectivity index (χ0) is 20.7. The number of ether oxygens (including phenoxy) is 1. The minimum Gasteiger partial charge on any atom is -0.396 e. The number of aliphatic hydroxyl groups excluding tert-OH is 1. The average molecular weight is 388 g/mol. The lowest BCUT2D eigenvalue weighted by Crippen LogP contribution is -2.42. The van der Waals surface area contributed by atoms with Gasteiger partial charge in [0.25, 0.3) is 0 Å². The molecule has 27 heavy (non-hydrogen) atoms. The number of nitrogens with one attached hydrogen (secondary N) is 3. The molecule has 0 saturated carbocycles. The second-order valence-electron chi connectivity index (χ2n) is 7.81. The minimum absolute atomic E-state index is 0.0268. The molecule has 0 aliphatic rings. The normalized spacial score (nSPS) is 13.6. The zero-order valence-electron chi connectivity index (χ0n) is 17.8. The summed E-state index contributed by atoms with van der Waals surface area (Å²) in [6.07, 6.45) is 3.85. The fourth-order valence-electron chi connectivity index (χ4n) is 2.83. The first kappa shape index (κ1) is 25.8. The van der Waals surface area contributed by atoms with E-state index < -0.39 is 0 Å². The minimum atomic E-state index is -0.0286. The molecule has 2 atom stereocenters. The number of carbonyl (C=O) groups is 2. The number of aliphatic hydroxyl groups is 1. The van der Waals surface area contributed by atoms with E-state index in [1.165, 1.54) is 0 Å². The smallest absolute Gasteiger partial charge is 0.222 e. The molecule has 2 unspecified atom stereocenters. The number of hydrogen-bond acceptors (Lipinski definition) is 5. The Morgan fingerprint density at radius 2 is 1.70 bits per heavy atom. The van der Waals surface area contributed by atoms with Crippen molar-refractivity contribution in [1.29, 1.82) is 0 Å². The van der Waals surface area contributed by atoms with Crippen LogP contribution in [0.1, 0.15) is 59.8 Å². The summed E-state index contributed by atoms with van der Waals surface area (Å²) in [4.78, 5) is 23.8. The maximum absolute atomic E-state index is 12.2.